The fraction of sp³-hybridized carbons (Fsp3) is 0.517. The van der Waals surface area contributed by atoms with E-state index in [0.29, 0.717) is 31.1 Å². The first-order valence-electron chi connectivity index (χ1n) is 13.2. The van der Waals surface area contributed by atoms with Gasteiger partial charge in [0.05, 0.1) is 19.8 Å². The van der Waals surface area contributed by atoms with E-state index in [1.165, 1.54) is 0 Å². The second-order valence-corrected chi connectivity index (χ2v) is 9.66. The van der Waals surface area contributed by atoms with Crippen molar-refractivity contribution in [1.82, 2.24) is 10.2 Å². The van der Waals surface area contributed by atoms with Gasteiger partial charge in [-0.3, -0.25) is 9.69 Å². The van der Waals surface area contributed by atoms with E-state index >= 15 is 0 Å². The van der Waals surface area contributed by atoms with Gasteiger partial charge < -0.3 is 24.3 Å². The van der Waals surface area contributed by atoms with Crippen LogP contribution in [-0.2, 0) is 16.1 Å². The van der Waals surface area contributed by atoms with Crippen LogP contribution in [0.4, 0.5) is 4.39 Å². The van der Waals surface area contributed by atoms with Crippen molar-refractivity contribution in [3.05, 3.63) is 53.3 Å². The Hall–Kier alpha value is -3.33. The number of halogens is 1. The van der Waals surface area contributed by atoms with Gasteiger partial charge in [0.15, 0.2) is 17.1 Å². The molecule has 1 saturated heterocycles. The molecule has 9 heteroatoms. The Balaban J connectivity index is 1.56. The predicted octanol–water partition coefficient (Wildman–Crippen LogP) is 4.74. The molecular formula is C29H39FN2O6. The van der Waals surface area contributed by atoms with Crippen molar-refractivity contribution in [2.45, 2.75) is 65.6 Å². The fourth-order valence-corrected chi connectivity index (χ4v) is 4.34. The average Bonchev–Trinajstić information content (AvgIpc) is 2.88. The largest absolute Gasteiger partial charge is 0.491 e. The van der Waals surface area contributed by atoms with Gasteiger partial charge in [0, 0.05) is 31.2 Å². The molecule has 0 spiro atoms. The van der Waals surface area contributed by atoms with Gasteiger partial charge in [-0.05, 0) is 83.4 Å². The number of carbonyl (C=O) groups is 2. The van der Waals surface area contributed by atoms with Gasteiger partial charge >= 0.3 is 5.97 Å². The molecule has 2 aromatic carbocycles. The number of likely N-dealkylation sites (tertiary alicyclic amines) is 1. The van der Waals surface area contributed by atoms with Crippen LogP contribution in [0.5, 0.6) is 17.2 Å². The van der Waals surface area contributed by atoms with Crippen LogP contribution >= 0.6 is 0 Å². The molecule has 1 fully saturated rings. The summed E-state index contributed by atoms with van der Waals surface area (Å²) >= 11 is 0. The molecule has 2 aromatic rings. The zero-order valence-corrected chi connectivity index (χ0v) is 23.0. The SMILES string of the molecule is CCOC(=O)C(C)(C)Oc1cccc(C(=O)NC2CCN(Cc3cc(OCC)c(F)c(OCC)c3)CC2)c1. The van der Waals surface area contributed by atoms with Gasteiger partial charge in [-0.2, -0.15) is 4.39 Å². The van der Waals surface area contributed by atoms with Crippen molar-refractivity contribution < 1.29 is 32.9 Å². The van der Waals surface area contributed by atoms with Crippen LogP contribution in [0.25, 0.3) is 0 Å². The number of benzene rings is 2. The number of nitrogens with one attached hydrogen (secondary N) is 1. The third-order valence-electron chi connectivity index (χ3n) is 6.23. The lowest BCUT2D eigenvalue weighted by molar-refractivity contribution is -0.158. The molecule has 3 rings (SSSR count). The van der Waals surface area contributed by atoms with E-state index in [-0.39, 0.29) is 30.1 Å². The highest BCUT2D eigenvalue weighted by Gasteiger charge is 2.32. The molecule has 38 heavy (non-hydrogen) atoms. The molecule has 208 valence electrons. The van der Waals surface area contributed by atoms with Gasteiger partial charge in [0.2, 0.25) is 5.82 Å². The summed E-state index contributed by atoms with van der Waals surface area (Å²) in [5, 5.41) is 3.11. The first kappa shape index (κ1) is 29.2. The lowest BCUT2D eigenvalue weighted by Gasteiger charge is -2.32. The lowest BCUT2D eigenvalue weighted by Crippen LogP contribution is -2.44. The molecule has 0 saturated carbocycles. The summed E-state index contributed by atoms with van der Waals surface area (Å²) in [7, 11) is 0. The molecule has 0 aromatic heterocycles. The Kier molecular flexibility index (Phi) is 10.4. The standard InChI is InChI=1S/C29H39FN2O6/c1-6-35-24-16-20(17-25(26(24)30)36-7-2)19-32-14-12-22(13-15-32)31-27(33)21-10-9-11-23(18-21)38-29(4,5)28(34)37-8-3/h9-11,16-18,22H,6-8,12-15,19H2,1-5H3,(H,31,33). The summed E-state index contributed by atoms with van der Waals surface area (Å²) in [5.41, 5.74) is 0.209. The summed E-state index contributed by atoms with van der Waals surface area (Å²) in [5.74, 6) is -0.310. The maximum Gasteiger partial charge on any atom is 0.349 e. The normalized spacial score (nSPS) is 14.6. The zero-order valence-electron chi connectivity index (χ0n) is 23.0. The molecule has 1 heterocycles. The van der Waals surface area contributed by atoms with Crippen molar-refractivity contribution in [3.63, 3.8) is 0 Å². The molecule has 0 radical (unpaired) electrons. The maximum absolute atomic E-state index is 14.6. The Morgan fingerprint density at radius 3 is 2.21 bits per heavy atom. The number of hydrogen-bond acceptors (Lipinski definition) is 7. The van der Waals surface area contributed by atoms with E-state index in [1.807, 2.05) is 13.8 Å². The third-order valence-corrected chi connectivity index (χ3v) is 6.23. The Morgan fingerprint density at radius 2 is 1.63 bits per heavy atom. The molecule has 0 atom stereocenters. The summed E-state index contributed by atoms with van der Waals surface area (Å²) in [4.78, 5) is 27.3. The molecule has 1 aliphatic rings. The number of amides is 1. The predicted molar refractivity (Wildman–Crippen MR) is 142 cm³/mol. The van der Waals surface area contributed by atoms with E-state index in [2.05, 4.69) is 10.2 Å². The van der Waals surface area contributed by atoms with E-state index < -0.39 is 17.4 Å². The minimum absolute atomic E-state index is 0.0329. The number of ether oxygens (including phenoxy) is 4. The molecular weight excluding hydrogens is 491 g/mol. The van der Waals surface area contributed by atoms with Gasteiger partial charge in [-0.15, -0.1) is 0 Å². The highest BCUT2D eigenvalue weighted by Crippen LogP contribution is 2.30. The highest BCUT2D eigenvalue weighted by molar-refractivity contribution is 5.94. The fourth-order valence-electron chi connectivity index (χ4n) is 4.34. The Morgan fingerprint density at radius 1 is 1.00 bits per heavy atom. The monoisotopic (exact) mass is 530 g/mol. The number of nitrogens with zero attached hydrogens (tertiary/aromatic N) is 1. The summed E-state index contributed by atoms with van der Waals surface area (Å²) in [6.07, 6.45) is 1.57. The van der Waals surface area contributed by atoms with E-state index in [9.17, 15) is 14.0 Å². The van der Waals surface area contributed by atoms with Gasteiger partial charge in [-0.1, -0.05) is 6.07 Å². The van der Waals surface area contributed by atoms with Crippen LogP contribution in [0.1, 0.15) is 63.4 Å². The van der Waals surface area contributed by atoms with Crippen molar-refractivity contribution >= 4 is 11.9 Å². The molecule has 0 unspecified atom stereocenters. The number of esters is 1. The van der Waals surface area contributed by atoms with Gasteiger partial charge in [0.25, 0.3) is 5.91 Å². The Labute approximate surface area is 224 Å². The van der Waals surface area contributed by atoms with Gasteiger partial charge in [-0.25, -0.2) is 4.79 Å². The highest BCUT2D eigenvalue weighted by atomic mass is 19.1. The van der Waals surface area contributed by atoms with E-state index in [4.69, 9.17) is 18.9 Å². The zero-order chi connectivity index (χ0) is 27.7. The quantitative estimate of drug-likeness (QED) is 0.397. The second kappa shape index (κ2) is 13.5. The summed E-state index contributed by atoms with van der Waals surface area (Å²) in [6, 6.07) is 10.3. The number of hydrogen-bond donors (Lipinski definition) is 1. The molecule has 1 N–H and O–H groups in total. The number of piperidine rings is 1. The van der Waals surface area contributed by atoms with E-state index in [1.54, 1.807) is 57.2 Å². The first-order chi connectivity index (χ1) is 18.2. The third kappa shape index (κ3) is 7.84. The average molecular weight is 531 g/mol. The van der Waals surface area contributed by atoms with Crippen molar-refractivity contribution in [2.24, 2.45) is 0 Å². The van der Waals surface area contributed by atoms with Crippen molar-refractivity contribution in [3.8, 4) is 17.2 Å². The second-order valence-electron chi connectivity index (χ2n) is 9.66. The topological polar surface area (TPSA) is 86.3 Å². The minimum atomic E-state index is -1.17. The minimum Gasteiger partial charge on any atom is -0.491 e. The van der Waals surface area contributed by atoms with Crippen molar-refractivity contribution in [2.75, 3.05) is 32.9 Å². The molecule has 8 nitrogen and oxygen atoms in total. The van der Waals surface area contributed by atoms with Crippen LogP contribution < -0.4 is 19.5 Å². The van der Waals surface area contributed by atoms with Crippen LogP contribution in [0.3, 0.4) is 0 Å². The molecule has 1 aliphatic heterocycles. The number of carbonyl (C=O) groups excluding carboxylic acids is 2. The van der Waals surface area contributed by atoms with E-state index in [0.717, 1.165) is 31.5 Å². The van der Waals surface area contributed by atoms with Crippen LogP contribution in [0.15, 0.2) is 36.4 Å². The summed E-state index contributed by atoms with van der Waals surface area (Å²) < 4.78 is 36.4. The van der Waals surface area contributed by atoms with Crippen LogP contribution in [0, 0.1) is 5.82 Å². The summed E-state index contributed by atoms with van der Waals surface area (Å²) in [6.45, 7) is 11.8. The van der Waals surface area contributed by atoms with Crippen LogP contribution in [0.2, 0.25) is 0 Å². The lowest BCUT2D eigenvalue weighted by atomic mass is 10.0. The number of rotatable bonds is 12. The smallest absolute Gasteiger partial charge is 0.349 e. The Bertz CT molecular complexity index is 1070. The van der Waals surface area contributed by atoms with Gasteiger partial charge in [0.1, 0.15) is 5.75 Å². The molecule has 1 amide bonds. The van der Waals surface area contributed by atoms with Crippen molar-refractivity contribution in [1.29, 1.82) is 0 Å². The van der Waals surface area contributed by atoms with Crippen LogP contribution in [-0.4, -0.2) is 61.3 Å². The first-order valence-corrected chi connectivity index (χ1v) is 13.2. The maximum atomic E-state index is 14.6. The molecule has 0 aliphatic carbocycles. The molecule has 0 bridgehead atoms.